The van der Waals surface area contributed by atoms with E-state index in [9.17, 15) is 0 Å². The third-order valence-electron chi connectivity index (χ3n) is 6.58. The Morgan fingerprint density at radius 2 is 1.77 bits per heavy atom. The number of hydrogen-bond donors (Lipinski definition) is 0. The highest BCUT2D eigenvalue weighted by atomic mass is 15.3. The zero-order valence-electron chi connectivity index (χ0n) is 15.4. The summed E-state index contributed by atoms with van der Waals surface area (Å²) in [6.45, 7) is 3.67. The van der Waals surface area contributed by atoms with Crippen molar-refractivity contribution in [1.82, 2.24) is 24.6 Å². The molecule has 2 aromatic rings. The van der Waals surface area contributed by atoms with E-state index in [0.29, 0.717) is 12.1 Å². The molecule has 2 aliphatic heterocycles. The lowest BCUT2D eigenvalue weighted by atomic mass is 9.89. The summed E-state index contributed by atoms with van der Waals surface area (Å²) >= 11 is 0. The molecule has 26 heavy (non-hydrogen) atoms. The zero-order valence-corrected chi connectivity index (χ0v) is 15.4. The largest absolute Gasteiger partial charge is 0.352 e. The first-order chi connectivity index (χ1) is 12.9. The van der Waals surface area contributed by atoms with Crippen LogP contribution in [-0.2, 0) is 0 Å². The van der Waals surface area contributed by atoms with Crippen LogP contribution in [0.4, 0.5) is 5.82 Å². The van der Waals surface area contributed by atoms with Gasteiger partial charge in [-0.25, -0.2) is 14.6 Å². The molecule has 4 heterocycles. The van der Waals surface area contributed by atoms with Crippen molar-refractivity contribution in [3.63, 3.8) is 0 Å². The van der Waals surface area contributed by atoms with E-state index in [2.05, 4.69) is 30.9 Å². The fourth-order valence-electron chi connectivity index (χ4n) is 5.31. The van der Waals surface area contributed by atoms with E-state index in [4.69, 9.17) is 0 Å². The Kier molecular flexibility index (Phi) is 4.36. The van der Waals surface area contributed by atoms with Gasteiger partial charge >= 0.3 is 0 Å². The van der Waals surface area contributed by atoms with Crippen LogP contribution in [0.3, 0.4) is 0 Å². The van der Waals surface area contributed by atoms with Crippen LogP contribution in [-0.4, -0.2) is 56.4 Å². The molecule has 0 spiro atoms. The highest BCUT2D eigenvalue weighted by Crippen LogP contribution is 2.36. The summed E-state index contributed by atoms with van der Waals surface area (Å²) in [6.07, 6.45) is 15.1. The van der Waals surface area contributed by atoms with Gasteiger partial charge in [-0.1, -0.05) is 19.3 Å². The minimum atomic E-state index is 0.610. The van der Waals surface area contributed by atoms with Crippen LogP contribution in [0.5, 0.6) is 0 Å². The first-order valence-corrected chi connectivity index (χ1v) is 10.2. The summed E-state index contributed by atoms with van der Waals surface area (Å²) in [7, 11) is 0. The van der Waals surface area contributed by atoms with Crippen molar-refractivity contribution in [2.24, 2.45) is 5.92 Å². The van der Waals surface area contributed by atoms with Gasteiger partial charge in [0, 0.05) is 50.2 Å². The number of rotatable bonds is 4. The minimum absolute atomic E-state index is 0.610. The van der Waals surface area contributed by atoms with Crippen molar-refractivity contribution in [1.29, 1.82) is 0 Å². The molecule has 1 saturated carbocycles. The third kappa shape index (κ3) is 3.00. The second kappa shape index (κ2) is 6.99. The standard InChI is InChI=1S/C20H28N6/c1-2-5-16(6-3-1)14-24-11-7-18-17(24)8-12-25(18)19-13-20(22-15-21-19)26-10-4-9-23-26/h4,9-10,13,15-18H,1-3,5-8,11-12,14H2/t17-,18-/m0/s1. The molecule has 6 heteroatoms. The van der Waals surface area contributed by atoms with Gasteiger partial charge < -0.3 is 4.90 Å². The van der Waals surface area contributed by atoms with Gasteiger partial charge in [0.15, 0.2) is 5.82 Å². The van der Waals surface area contributed by atoms with Gasteiger partial charge in [-0.3, -0.25) is 4.90 Å². The second-order valence-corrected chi connectivity index (χ2v) is 8.09. The summed E-state index contributed by atoms with van der Waals surface area (Å²) in [4.78, 5) is 14.3. The topological polar surface area (TPSA) is 50.1 Å². The highest BCUT2D eigenvalue weighted by Gasteiger charge is 2.43. The molecule has 1 aliphatic carbocycles. The minimum Gasteiger partial charge on any atom is -0.352 e. The van der Waals surface area contributed by atoms with E-state index in [-0.39, 0.29) is 0 Å². The first-order valence-electron chi connectivity index (χ1n) is 10.2. The van der Waals surface area contributed by atoms with Gasteiger partial charge in [0.25, 0.3) is 0 Å². The van der Waals surface area contributed by atoms with E-state index in [1.54, 1.807) is 12.5 Å². The Morgan fingerprint density at radius 3 is 2.62 bits per heavy atom. The molecule has 2 aromatic heterocycles. The van der Waals surface area contributed by atoms with Crippen LogP contribution < -0.4 is 4.90 Å². The third-order valence-corrected chi connectivity index (χ3v) is 6.58. The van der Waals surface area contributed by atoms with E-state index in [1.807, 2.05) is 16.9 Å². The van der Waals surface area contributed by atoms with Gasteiger partial charge in [-0.15, -0.1) is 0 Å². The fourth-order valence-corrected chi connectivity index (χ4v) is 5.31. The molecule has 0 unspecified atom stereocenters. The van der Waals surface area contributed by atoms with E-state index in [0.717, 1.165) is 24.1 Å². The predicted molar refractivity (Wildman–Crippen MR) is 101 cm³/mol. The van der Waals surface area contributed by atoms with Crippen LogP contribution in [0.25, 0.3) is 5.82 Å². The second-order valence-electron chi connectivity index (χ2n) is 8.09. The average molecular weight is 352 g/mol. The van der Waals surface area contributed by atoms with Crippen LogP contribution in [0.2, 0.25) is 0 Å². The van der Waals surface area contributed by atoms with Gasteiger partial charge in [0.05, 0.1) is 0 Å². The Hall–Kier alpha value is -1.95. The molecule has 0 aromatic carbocycles. The molecule has 0 bridgehead atoms. The Labute approximate surface area is 155 Å². The van der Waals surface area contributed by atoms with Crippen molar-refractivity contribution in [2.75, 3.05) is 24.5 Å². The molecule has 2 atom stereocenters. The monoisotopic (exact) mass is 352 g/mol. The Morgan fingerprint density at radius 1 is 0.923 bits per heavy atom. The van der Waals surface area contributed by atoms with Crippen LogP contribution in [0.1, 0.15) is 44.9 Å². The normalized spacial score (nSPS) is 27.2. The molecule has 6 nitrogen and oxygen atoms in total. The van der Waals surface area contributed by atoms with Gasteiger partial charge in [-0.2, -0.15) is 5.10 Å². The summed E-state index contributed by atoms with van der Waals surface area (Å²) in [5, 5.41) is 4.30. The molecule has 0 amide bonds. The van der Waals surface area contributed by atoms with Crippen molar-refractivity contribution in [2.45, 2.75) is 57.0 Å². The van der Waals surface area contributed by atoms with Crippen molar-refractivity contribution in [3.8, 4) is 5.82 Å². The molecular formula is C20H28N6. The quantitative estimate of drug-likeness (QED) is 0.847. The average Bonchev–Trinajstić information content (AvgIpc) is 3.42. The van der Waals surface area contributed by atoms with Crippen LogP contribution in [0, 0.1) is 5.92 Å². The zero-order chi connectivity index (χ0) is 17.3. The maximum Gasteiger partial charge on any atom is 0.158 e. The van der Waals surface area contributed by atoms with Crippen molar-refractivity contribution < 1.29 is 0 Å². The number of aromatic nitrogens is 4. The molecule has 3 fully saturated rings. The van der Waals surface area contributed by atoms with Crippen LogP contribution in [0.15, 0.2) is 30.9 Å². The van der Waals surface area contributed by atoms with Crippen molar-refractivity contribution >= 4 is 5.82 Å². The molecule has 5 rings (SSSR count). The molecule has 3 aliphatic rings. The fraction of sp³-hybridized carbons (Fsp3) is 0.650. The number of hydrogen-bond acceptors (Lipinski definition) is 5. The predicted octanol–water partition coefficient (Wildman–Crippen LogP) is 2.90. The summed E-state index contributed by atoms with van der Waals surface area (Å²) in [6, 6.07) is 5.33. The lowest BCUT2D eigenvalue weighted by Crippen LogP contribution is -2.39. The number of nitrogens with zero attached hydrogens (tertiary/aromatic N) is 6. The lowest BCUT2D eigenvalue weighted by Gasteiger charge is -2.30. The van der Waals surface area contributed by atoms with E-state index < -0.39 is 0 Å². The van der Waals surface area contributed by atoms with E-state index >= 15 is 0 Å². The molecule has 0 N–H and O–H groups in total. The maximum atomic E-state index is 4.59. The Balaban J connectivity index is 1.30. The van der Waals surface area contributed by atoms with Crippen LogP contribution >= 0.6 is 0 Å². The van der Waals surface area contributed by atoms with Gasteiger partial charge in [0.2, 0.25) is 0 Å². The number of likely N-dealkylation sites (tertiary alicyclic amines) is 1. The van der Waals surface area contributed by atoms with Gasteiger partial charge in [-0.05, 0) is 37.7 Å². The highest BCUT2D eigenvalue weighted by molar-refractivity contribution is 5.46. The number of fused-ring (bicyclic) bond motifs is 1. The SMILES string of the molecule is c1cnn(-c2cc(N3CC[C@H]4[C@@H]3CCN4CC3CCCCC3)ncn2)c1. The lowest BCUT2D eigenvalue weighted by molar-refractivity contribution is 0.188. The maximum absolute atomic E-state index is 4.59. The molecule has 138 valence electrons. The number of anilines is 1. The molecule has 2 saturated heterocycles. The smallest absolute Gasteiger partial charge is 0.158 e. The van der Waals surface area contributed by atoms with Crippen molar-refractivity contribution in [3.05, 3.63) is 30.9 Å². The van der Waals surface area contributed by atoms with Gasteiger partial charge in [0.1, 0.15) is 12.1 Å². The summed E-state index contributed by atoms with van der Waals surface area (Å²) in [5.74, 6) is 2.83. The molecular weight excluding hydrogens is 324 g/mol. The summed E-state index contributed by atoms with van der Waals surface area (Å²) in [5.41, 5.74) is 0. The first kappa shape index (κ1) is 16.2. The Bertz CT molecular complexity index is 724. The molecule has 0 radical (unpaired) electrons. The van der Waals surface area contributed by atoms with E-state index in [1.165, 1.54) is 58.0 Å². The summed E-state index contributed by atoms with van der Waals surface area (Å²) < 4.78 is 1.81.